The number of hydrogen-bond acceptors (Lipinski definition) is 5. The van der Waals surface area contributed by atoms with Gasteiger partial charge in [-0.15, -0.1) is 5.10 Å². The SMILES string of the molecule is O=C(O)c1nncc(O)n1. The minimum atomic E-state index is -1.32. The van der Waals surface area contributed by atoms with Crippen molar-refractivity contribution in [2.75, 3.05) is 0 Å². The van der Waals surface area contributed by atoms with Crippen LogP contribution in [0.3, 0.4) is 0 Å². The lowest BCUT2D eigenvalue weighted by molar-refractivity contribution is 0.0680. The fourth-order valence-electron chi connectivity index (χ4n) is 0.386. The summed E-state index contributed by atoms with van der Waals surface area (Å²) >= 11 is 0. The van der Waals surface area contributed by atoms with E-state index in [1.165, 1.54) is 0 Å². The molecule has 0 amide bonds. The van der Waals surface area contributed by atoms with Crippen LogP contribution in [0.4, 0.5) is 0 Å². The molecule has 0 saturated carbocycles. The van der Waals surface area contributed by atoms with E-state index in [1.54, 1.807) is 0 Å². The molecule has 52 valence electrons. The van der Waals surface area contributed by atoms with Crippen molar-refractivity contribution >= 4 is 5.97 Å². The predicted molar refractivity (Wildman–Crippen MR) is 28.5 cm³/mol. The molecule has 0 bridgehead atoms. The van der Waals surface area contributed by atoms with Gasteiger partial charge in [-0.3, -0.25) is 0 Å². The third-order valence-corrected chi connectivity index (χ3v) is 0.737. The van der Waals surface area contributed by atoms with Crippen molar-refractivity contribution < 1.29 is 15.0 Å². The first-order chi connectivity index (χ1) is 4.70. The molecule has 10 heavy (non-hydrogen) atoms. The lowest BCUT2D eigenvalue weighted by Crippen LogP contribution is -2.04. The summed E-state index contributed by atoms with van der Waals surface area (Å²) in [6.45, 7) is 0. The topological polar surface area (TPSA) is 96.2 Å². The van der Waals surface area contributed by atoms with E-state index in [2.05, 4.69) is 15.2 Å². The summed E-state index contributed by atoms with van der Waals surface area (Å²) < 4.78 is 0. The molecule has 0 aromatic carbocycles. The minimum Gasteiger partial charge on any atom is -0.492 e. The molecule has 1 aromatic rings. The molecule has 0 saturated heterocycles. The summed E-state index contributed by atoms with van der Waals surface area (Å²) in [5.74, 6) is -2.28. The largest absolute Gasteiger partial charge is 0.492 e. The van der Waals surface area contributed by atoms with Gasteiger partial charge in [-0.25, -0.2) is 4.79 Å². The number of aromatic hydroxyl groups is 1. The van der Waals surface area contributed by atoms with E-state index in [1.807, 2.05) is 0 Å². The standard InChI is InChI=1S/C4H3N3O3/c8-2-1-5-7-3(6-2)4(9)10/h1H,(H,9,10)(H,6,7,8). The highest BCUT2D eigenvalue weighted by molar-refractivity contribution is 5.82. The normalized spacial score (nSPS) is 9.20. The summed E-state index contributed by atoms with van der Waals surface area (Å²) in [5, 5.41) is 23.1. The summed E-state index contributed by atoms with van der Waals surface area (Å²) in [6, 6.07) is 0. The Balaban J connectivity index is 3.07. The molecule has 0 aliphatic heterocycles. The molecule has 1 heterocycles. The molecule has 6 heteroatoms. The molecule has 0 spiro atoms. The fraction of sp³-hybridized carbons (Fsp3) is 0. The number of carboxylic acid groups (broad SMARTS) is 1. The van der Waals surface area contributed by atoms with Crippen molar-refractivity contribution in [1.29, 1.82) is 0 Å². The van der Waals surface area contributed by atoms with Crippen LogP contribution in [0.25, 0.3) is 0 Å². The Bertz CT molecular complexity index is 262. The van der Waals surface area contributed by atoms with Gasteiger partial charge in [0.2, 0.25) is 5.88 Å². The van der Waals surface area contributed by atoms with Crippen molar-refractivity contribution in [1.82, 2.24) is 15.2 Å². The van der Waals surface area contributed by atoms with E-state index in [9.17, 15) is 4.79 Å². The van der Waals surface area contributed by atoms with Gasteiger partial charge in [0.25, 0.3) is 5.82 Å². The molecule has 1 rings (SSSR count). The molecular weight excluding hydrogens is 138 g/mol. The third-order valence-electron chi connectivity index (χ3n) is 0.737. The van der Waals surface area contributed by atoms with Crippen molar-refractivity contribution in [2.45, 2.75) is 0 Å². The first-order valence-electron chi connectivity index (χ1n) is 2.32. The number of nitrogens with zero attached hydrogens (tertiary/aromatic N) is 3. The van der Waals surface area contributed by atoms with Crippen molar-refractivity contribution in [2.24, 2.45) is 0 Å². The van der Waals surface area contributed by atoms with Crippen LogP contribution >= 0.6 is 0 Å². The van der Waals surface area contributed by atoms with E-state index in [0.717, 1.165) is 6.20 Å². The number of aromatic nitrogens is 3. The van der Waals surface area contributed by atoms with Gasteiger partial charge in [-0.2, -0.15) is 10.1 Å². The monoisotopic (exact) mass is 141 g/mol. The molecule has 0 unspecified atom stereocenters. The Morgan fingerprint density at radius 2 is 2.30 bits per heavy atom. The zero-order chi connectivity index (χ0) is 7.56. The van der Waals surface area contributed by atoms with E-state index < -0.39 is 17.7 Å². The van der Waals surface area contributed by atoms with Gasteiger partial charge in [-0.1, -0.05) is 0 Å². The quantitative estimate of drug-likeness (QED) is 0.535. The summed E-state index contributed by atoms with van der Waals surface area (Å²) in [4.78, 5) is 13.2. The van der Waals surface area contributed by atoms with Crippen LogP contribution in [0.15, 0.2) is 6.20 Å². The number of aromatic carboxylic acids is 1. The molecule has 0 aliphatic carbocycles. The Labute approximate surface area is 55.2 Å². The number of hydrogen-bond donors (Lipinski definition) is 2. The third kappa shape index (κ3) is 1.16. The second-order valence-corrected chi connectivity index (χ2v) is 1.44. The van der Waals surface area contributed by atoms with Gasteiger partial charge < -0.3 is 10.2 Å². The average Bonchev–Trinajstić information content (AvgIpc) is 1.88. The second-order valence-electron chi connectivity index (χ2n) is 1.44. The average molecular weight is 141 g/mol. The summed E-state index contributed by atoms with van der Waals surface area (Å²) in [5.41, 5.74) is 0. The van der Waals surface area contributed by atoms with E-state index in [-0.39, 0.29) is 0 Å². The van der Waals surface area contributed by atoms with Crippen molar-refractivity contribution in [3.63, 3.8) is 0 Å². The first-order valence-corrected chi connectivity index (χ1v) is 2.32. The number of carboxylic acids is 1. The highest BCUT2D eigenvalue weighted by Gasteiger charge is 2.06. The van der Waals surface area contributed by atoms with E-state index in [4.69, 9.17) is 10.2 Å². The predicted octanol–water partition coefficient (Wildman–Crippen LogP) is -0.725. The first kappa shape index (κ1) is 6.40. The second kappa shape index (κ2) is 2.26. The van der Waals surface area contributed by atoms with Gasteiger partial charge in [-0.05, 0) is 0 Å². The molecule has 1 aromatic heterocycles. The fourth-order valence-corrected chi connectivity index (χ4v) is 0.386. The van der Waals surface area contributed by atoms with Gasteiger partial charge in [0, 0.05) is 0 Å². The zero-order valence-corrected chi connectivity index (χ0v) is 4.72. The Morgan fingerprint density at radius 3 is 2.70 bits per heavy atom. The lowest BCUT2D eigenvalue weighted by Gasteiger charge is -1.89. The van der Waals surface area contributed by atoms with Crippen molar-refractivity contribution in [3.8, 4) is 5.88 Å². The Morgan fingerprint density at radius 1 is 1.60 bits per heavy atom. The molecule has 0 atom stereocenters. The maximum Gasteiger partial charge on any atom is 0.375 e. The Kier molecular flexibility index (Phi) is 1.44. The maximum absolute atomic E-state index is 10.1. The lowest BCUT2D eigenvalue weighted by atomic mass is 10.6. The molecule has 2 N–H and O–H groups in total. The van der Waals surface area contributed by atoms with Crippen LogP contribution in [0.1, 0.15) is 10.6 Å². The van der Waals surface area contributed by atoms with Crippen LogP contribution in [0.2, 0.25) is 0 Å². The van der Waals surface area contributed by atoms with Crippen LogP contribution in [0, 0.1) is 0 Å². The molecular formula is C4H3N3O3. The Hall–Kier alpha value is -1.72. The van der Waals surface area contributed by atoms with Crippen LogP contribution < -0.4 is 0 Å². The highest BCUT2D eigenvalue weighted by Crippen LogP contribution is 1.97. The molecule has 0 fully saturated rings. The summed E-state index contributed by atoms with van der Waals surface area (Å²) in [6.07, 6.45) is 0.951. The van der Waals surface area contributed by atoms with Gasteiger partial charge in [0.05, 0.1) is 0 Å². The zero-order valence-electron chi connectivity index (χ0n) is 4.72. The van der Waals surface area contributed by atoms with Crippen LogP contribution in [-0.4, -0.2) is 31.4 Å². The van der Waals surface area contributed by atoms with E-state index >= 15 is 0 Å². The van der Waals surface area contributed by atoms with Crippen LogP contribution in [0.5, 0.6) is 5.88 Å². The molecule has 0 radical (unpaired) electrons. The smallest absolute Gasteiger partial charge is 0.375 e. The minimum absolute atomic E-state index is 0.451. The number of rotatable bonds is 1. The summed E-state index contributed by atoms with van der Waals surface area (Å²) in [7, 11) is 0. The molecule has 6 nitrogen and oxygen atoms in total. The van der Waals surface area contributed by atoms with Gasteiger partial charge in [0.1, 0.15) is 6.20 Å². The van der Waals surface area contributed by atoms with Gasteiger partial charge in [0.15, 0.2) is 0 Å². The highest BCUT2D eigenvalue weighted by atomic mass is 16.4. The molecule has 0 aliphatic rings. The van der Waals surface area contributed by atoms with Crippen LogP contribution in [-0.2, 0) is 0 Å². The maximum atomic E-state index is 10.1. The van der Waals surface area contributed by atoms with Gasteiger partial charge >= 0.3 is 5.97 Å². The van der Waals surface area contributed by atoms with E-state index in [0.29, 0.717) is 0 Å². The van der Waals surface area contributed by atoms with Crippen molar-refractivity contribution in [3.05, 3.63) is 12.0 Å². The number of carbonyl (C=O) groups is 1.